The number of nitrogens with zero attached hydrogens (tertiary/aromatic N) is 2. The van der Waals surface area contributed by atoms with E-state index in [1.54, 1.807) is 10.8 Å². The summed E-state index contributed by atoms with van der Waals surface area (Å²) >= 11 is 0. The van der Waals surface area contributed by atoms with Gasteiger partial charge < -0.3 is 14.9 Å². The zero-order chi connectivity index (χ0) is 11.3. The Morgan fingerprint density at radius 3 is 2.94 bits per heavy atom. The Labute approximate surface area is 93.3 Å². The molecule has 2 aromatic heterocycles. The molecule has 1 saturated carbocycles. The number of aromatic nitrogens is 2. The van der Waals surface area contributed by atoms with E-state index < -0.39 is 0 Å². The van der Waals surface area contributed by atoms with Crippen molar-refractivity contribution in [1.29, 1.82) is 0 Å². The van der Waals surface area contributed by atoms with Gasteiger partial charge in [0.15, 0.2) is 0 Å². The van der Waals surface area contributed by atoms with Crippen molar-refractivity contribution in [2.45, 2.75) is 19.4 Å². The van der Waals surface area contributed by atoms with Crippen molar-refractivity contribution in [2.24, 2.45) is 13.0 Å². The zero-order valence-electron chi connectivity index (χ0n) is 9.31. The molecule has 0 unspecified atom stereocenters. The van der Waals surface area contributed by atoms with Gasteiger partial charge in [0.2, 0.25) is 0 Å². The first kappa shape index (κ1) is 9.51. The van der Waals surface area contributed by atoms with Crippen LogP contribution < -0.4 is 11.3 Å². The molecule has 0 atom stereocenters. The van der Waals surface area contributed by atoms with E-state index in [9.17, 15) is 4.79 Å². The van der Waals surface area contributed by atoms with Gasteiger partial charge in [0.25, 0.3) is 5.56 Å². The molecule has 1 aliphatic carbocycles. The molecule has 0 aliphatic heterocycles. The Hall–Kier alpha value is -1.71. The standard InChI is InChI=1S/C12H15N3O/c1-14-5-4-9-11(14)10(13)7-15(12(9)16)6-8-2-3-8/h4-5,7-8H,2-3,6,13H2,1H3. The summed E-state index contributed by atoms with van der Waals surface area (Å²) in [6.45, 7) is 0.813. The SMILES string of the molecule is Cn1ccc2c(=O)n(CC3CC3)cc(N)c21. The number of nitrogen functional groups attached to an aromatic ring is 1. The van der Waals surface area contributed by atoms with Crippen molar-refractivity contribution in [2.75, 3.05) is 5.73 Å². The normalized spacial score (nSPS) is 15.8. The van der Waals surface area contributed by atoms with Gasteiger partial charge in [-0.25, -0.2) is 0 Å². The average Bonchev–Trinajstić information content (AvgIpc) is 2.96. The smallest absolute Gasteiger partial charge is 0.260 e. The Morgan fingerprint density at radius 1 is 1.50 bits per heavy atom. The second kappa shape index (κ2) is 3.14. The van der Waals surface area contributed by atoms with Crippen LogP contribution in [0.2, 0.25) is 0 Å². The Bertz CT molecular complexity index is 604. The quantitative estimate of drug-likeness (QED) is 0.825. The molecular formula is C12H15N3O. The number of anilines is 1. The van der Waals surface area contributed by atoms with Crippen LogP contribution in [-0.4, -0.2) is 9.13 Å². The molecule has 0 amide bonds. The topological polar surface area (TPSA) is 53.0 Å². The van der Waals surface area contributed by atoms with Crippen molar-refractivity contribution in [3.63, 3.8) is 0 Å². The van der Waals surface area contributed by atoms with E-state index in [0.29, 0.717) is 11.6 Å². The number of hydrogen-bond acceptors (Lipinski definition) is 2. The first-order chi connectivity index (χ1) is 7.66. The van der Waals surface area contributed by atoms with Crippen LogP contribution in [0.4, 0.5) is 5.69 Å². The highest BCUT2D eigenvalue weighted by molar-refractivity contribution is 5.89. The van der Waals surface area contributed by atoms with Crippen molar-refractivity contribution in [3.05, 3.63) is 28.8 Å². The van der Waals surface area contributed by atoms with Crippen molar-refractivity contribution in [1.82, 2.24) is 9.13 Å². The first-order valence-electron chi connectivity index (χ1n) is 5.61. The van der Waals surface area contributed by atoms with Crippen molar-refractivity contribution < 1.29 is 0 Å². The van der Waals surface area contributed by atoms with Crippen LogP contribution in [0.3, 0.4) is 0 Å². The number of nitrogens with two attached hydrogens (primary N) is 1. The molecular weight excluding hydrogens is 202 g/mol. The molecule has 0 radical (unpaired) electrons. The maximum atomic E-state index is 12.2. The maximum Gasteiger partial charge on any atom is 0.260 e. The van der Waals surface area contributed by atoms with E-state index in [2.05, 4.69) is 0 Å². The van der Waals surface area contributed by atoms with Crippen molar-refractivity contribution >= 4 is 16.6 Å². The van der Waals surface area contributed by atoms with E-state index in [0.717, 1.165) is 17.4 Å². The number of pyridine rings is 1. The molecule has 4 nitrogen and oxygen atoms in total. The predicted molar refractivity (Wildman–Crippen MR) is 64.3 cm³/mol. The van der Waals surface area contributed by atoms with Crippen LogP contribution in [0.25, 0.3) is 10.9 Å². The van der Waals surface area contributed by atoms with Gasteiger partial charge in [-0.05, 0) is 24.8 Å². The molecule has 3 rings (SSSR count). The molecule has 84 valence electrons. The summed E-state index contributed by atoms with van der Waals surface area (Å²) in [5.41, 5.74) is 7.59. The second-order valence-corrected chi connectivity index (χ2v) is 4.67. The van der Waals surface area contributed by atoms with Crippen LogP contribution in [0.15, 0.2) is 23.3 Å². The second-order valence-electron chi connectivity index (χ2n) is 4.67. The van der Waals surface area contributed by atoms with E-state index in [1.807, 2.05) is 23.9 Å². The molecule has 16 heavy (non-hydrogen) atoms. The zero-order valence-corrected chi connectivity index (χ0v) is 9.31. The van der Waals surface area contributed by atoms with E-state index in [1.165, 1.54) is 12.8 Å². The lowest BCUT2D eigenvalue weighted by atomic mass is 10.2. The Balaban J connectivity index is 2.23. The lowest BCUT2D eigenvalue weighted by molar-refractivity contribution is 0.611. The van der Waals surface area contributed by atoms with Gasteiger partial charge in [-0.3, -0.25) is 4.79 Å². The summed E-state index contributed by atoms with van der Waals surface area (Å²) in [6.07, 6.45) is 6.13. The number of hydrogen-bond donors (Lipinski definition) is 1. The summed E-state index contributed by atoms with van der Waals surface area (Å²) in [6, 6.07) is 1.84. The molecule has 4 heteroatoms. The van der Waals surface area contributed by atoms with E-state index >= 15 is 0 Å². The van der Waals surface area contributed by atoms with Gasteiger partial charge in [0, 0.05) is 26.0 Å². The lowest BCUT2D eigenvalue weighted by Gasteiger charge is -2.08. The van der Waals surface area contributed by atoms with E-state index in [4.69, 9.17) is 5.73 Å². The lowest BCUT2D eigenvalue weighted by Crippen LogP contribution is -2.21. The van der Waals surface area contributed by atoms with Crippen molar-refractivity contribution in [3.8, 4) is 0 Å². The molecule has 1 fully saturated rings. The summed E-state index contributed by atoms with van der Waals surface area (Å²) in [4.78, 5) is 12.2. The van der Waals surface area contributed by atoms with Crippen LogP contribution in [0, 0.1) is 5.92 Å². The van der Waals surface area contributed by atoms with Gasteiger partial charge in [-0.1, -0.05) is 0 Å². The molecule has 2 aromatic rings. The largest absolute Gasteiger partial charge is 0.396 e. The highest BCUT2D eigenvalue weighted by atomic mass is 16.1. The van der Waals surface area contributed by atoms with Crippen LogP contribution in [0.5, 0.6) is 0 Å². The summed E-state index contributed by atoms with van der Waals surface area (Å²) in [7, 11) is 1.91. The number of aryl methyl sites for hydroxylation is 1. The van der Waals surface area contributed by atoms with Crippen LogP contribution >= 0.6 is 0 Å². The third-order valence-electron chi connectivity index (χ3n) is 3.28. The highest BCUT2D eigenvalue weighted by Gasteiger charge is 2.22. The minimum Gasteiger partial charge on any atom is -0.396 e. The van der Waals surface area contributed by atoms with Gasteiger partial charge in [0.1, 0.15) is 0 Å². The van der Waals surface area contributed by atoms with Crippen LogP contribution in [0.1, 0.15) is 12.8 Å². The Kier molecular flexibility index (Phi) is 1.87. The minimum absolute atomic E-state index is 0.0803. The molecule has 1 aliphatic rings. The van der Waals surface area contributed by atoms with Gasteiger partial charge in [-0.15, -0.1) is 0 Å². The fourth-order valence-electron chi connectivity index (χ4n) is 2.22. The molecule has 2 N–H and O–H groups in total. The molecule has 2 heterocycles. The Morgan fingerprint density at radius 2 is 2.25 bits per heavy atom. The molecule has 0 spiro atoms. The molecule has 0 aromatic carbocycles. The predicted octanol–water partition coefficient (Wildman–Crippen LogP) is 1.33. The maximum absolute atomic E-state index is 12.2. The third-order valence-corrected chi connectivity index (χ3v) is 3.28. The first-order valence-corrected chi connectivity index (χ1v) is 5.61. The molecule has 0 saturated heterocycles. The highest BCUT2D eigenvalue weighted by Crippen LogP contribution is 2.30. The summed E-state index contributed by atoms with van der Waals surface area (Å²) in [5.74, 6) is 0.679. The fourth-order valence-corrected chi connectivity index (χ4v) is 2.22. The average molecular weight is 217 g/mol. The van der Waals surface area contributed by atoms with E-state index in [-0.39, 0.29) is 5.56 Å². The monoisotopic (exact) mass is 217 g/mol. The molecule has 0 bridgehead atoms. The fraction of sp³-hybridized carbons (Fsp3) is 0.417. The van der Waals surface area contributed by atoms with Gasteiger partial charge in [0.05, 0.1) is 16.6 Å². The minimum atomic E-state index is 0.0803. The van der Waals surface area contributed by atoms with Crippen LogP contribution in [-0.2, 0) is 13.6 Å². The summed E-state index contributed by atoms with van der Waals surface area (Å²) < 4.78 is 3.66. The number of fused-ring (bicyclic) bond motifs is 1. The van der Waals surface area contributed by atoms with Gasteiger partial charge >= 0.3 is 0 Å². The summed E-state index contributed by atoms with van der Waals surface area (Å²) in [5, 5.41) is 0.725. The number of rotatable bonds is 2. The van der Waals surface area contributed by atoms with Gasteiger partial charge in [-0.2, -0.15) is 0 Å². The third kappa shape index (κ3) is 1.33.